The van der Waals surface area contributed by atoms with Crippen molar-refractivity contribution >= 4 is 32.6 Å². The minimum absolute atomic E-state index is 0.100. The van der Waals surface area contributed by atoms with Crippen molar-refractivity contribution in [3.8, 4) is 6.07 Å². The Morgan fingerprint density at radius 1 is 1.12 bits per heavy atom. The fraction of sp³-hybridized carbons (Fsp3) is 0.500. The van der Waals surface area contributed by atoms with E-state index in [0.717, 1.165) is 57.8 Å². The highest BCUT2D eigenvalue weighted by atomic mass is 79.9. The Morgan fingerprint density at radius 3 is 2.56 bits per heavy atom. The monoisotopic (exact) mass is 518 g/mol. The fourth-order valence-corrected chi connectivity index (χ4v) is 7.43. The lowest BCUT2D eigenvalue weighted by Crippen LogP contribution is -2.49. The van der Waals surface area contributed by atoms with Crippen LogP contribution in [0.1, 0.15) is 67.6 Å². The summed E-state index contributed by atoms with van der Waals surface area (Å²) >= 11 is 3.88. The van der Waals surface area contributed by atoms with Gasteiger partial charge in [-0.1, -0.05) is 35.8 Å². The maximum Gasteiger partial charge on any atom is 0.195 e. The molecule has 1 aromatic carbocycles. The SMILES string of the molecule is CC1(C)C2=C(C=C(Br)C(N3CCC(N4CCCC4)CC3)C2)C(=O)c2c1[nH]c1cc(C#N)ccc21. The average molecular weight is 519 g/mol. The van der Waals surface area contributed by atoms with E-state index < -0.39 is 0 Å². The Morgan fingerprint density at radius 2 is 1.85 bits per heavy atom. The number of hydrogen-bond acceptors (Lipinski definition) is 4. The number of piperidine rings is 1. The van der Waals surface area contributed by atoms with Crippen LogP contribution in [0.2, 0.25) is 0 Å². The zero-order valence-corrected chi connectivity index (χ0v) is 21.5. The van der Waals surface area contributed by atoms with Crippen LogP contribution in [0.4, 0.5) is 0 Å². The highest BCUT2D eigenvalue weighted by Crippen LogP contribution is 2.49. The van der Waals surface area contributed by atoms with Crippen molar-refractivity contribution in [1.29, 1.82) is 5.26 Å². The number of allylic oxidation sites excluding steroid dienone is 2. The molecule has 5 nitrogen and oxygen atoms in total. The number of rotatable bonds is 2. The molecule has 34 heavy (non-hydrogen) atoms. The van der Waals surface area contributed by atoms with Crippen molar-refractivity contribution in [3.63, 3.8) is 0 Å². The number of nitriles is 1. The van der Waals surface area contributed by atoms with E-state index in [-0.39, 0.29) is 11.2 Å². The molecule has 3 heterocycles. The third-order valence-electron chi connectivity index (χ3n) is 8.70. The average Bonchev–Trinajstić information content (AvgIpc) is 3.51. The van der Waals surface area contributed by atoms with Gasteiger partial charge in [0.05, 0.1) is 17.2 Å². The molecule has 4 aliphatic rings. The molecule has 0 spiro atoms. The number of ketones is 1. The number of Topliss-reactive ketones (excluding diaryl/α,β-unsaturated/α-hetero) is 1. The molecule has 6 heteroatoms. The number of carbonyl (C=O) groups is 1. The molecule has 6 rings (SSSR count). The lowest BCUT2D eigenvalue weighted by atomic mass is 9.67. The number of fused-ring (bicyclic) bond motifs is 3. The Kier molecular flexibility index (Phi) is 5.36. The van der Waals surface area contributed by atoms with Gasteiger partial charge in [-0.25, -0.2) is 0 Å². The number of halogens is 1. The van der Waals surface area contributed by atoms with Gasteiger partial charge in [-0.05, 0) is 69.0 Å². The molecule has 2 fully saturated rings. The van der Waals surface area contributed by atoms with Gasteiger partial charge < -0.3 is 9.88 Å². The molecule has 1 aromatic heterocycles. The first-order valence-electron chi connectivity index (χ1n) is 12.6. The number of nitrogens with zero attached hydrogens (tertiary/aromatic N) is 3. The highest BCUT2D eigenvalue weighted by Gasteiger charge is 2.44. The highest BCUT2D eigenvalue weighted by molar-refractivity contribution is 9.11. The number of carbonyl (C=O) groups excluding carboxylic acids is 1. The molecule has 1 N–H and O–H groups in total. The lowest BCUT2D eigenvalue weighted by Gasteiger charge is -2.44. The Balaban J connectivity index is 1.30. The van der Waals surface area contributed by atoms with Crippen molar-refractivity contribution in [1.82, 2.24) is 14.8 Å². The Hall–Kier alpha value is -2.20. The first kappa shape index (κ1) is 22.3. The minimum Gasteiger partial charge on any atom is -0.357 e. The van der Waals surface area contributed by atoms with E-state index in [1.54, 1.807) is 6.07 Å². The van der Waals surface area contributed by atoms with Gasteiger partial charge in [0, 0.05) is 57.2 Å². The zero-order chi connectivity index (χ0) is 23.6. The van der Waals surface area contributed by atoms with Crippen LogP contribution in [-0.2, 0) is 5.41 Å². The van der Waals surface area contributed by atoms with Crippen molar-refractivity contribution in [2.45, 2.75) is 63.5 Å². The van der Waals surface area contributed by atoms with Crippen LogP contribution in [0.25, 0.3) is 10.9 Å². The van der Waals surface area contributed by atoms with Crippen LogP contribution in [0, 0.1) is 11.3 Å². The normalized spacial score (nSPS) is 25.9. The molecular formula is C28H31BrN4O. The molecular weight excluding hydrogens is 488 g/mol. The van der Waals surface area contributed by atoms with Gasteiger partial charge in [0.1, 0.15) is 0 Å². The molecule has 2 aromatic rings. The van der Waals surface area contributed by atoms with Gasteiger partial charge in [0.2, 0.25) is 0 Å². The van der Waals surface area contributed by atoms with E-state index in [9.17, 15) is 10.1 Å². The van der Waals surface area contributed by atoms with Gasteiger partial charge in [-0.3, -0.25) is 9.69 Å². The summed E-state index contributed by atoms with van der Waals surface area (Å²) in [5.41, 5.74) is 5.03. The van der Waals surface area contributed by atoms with Gasteiger partial charge >= 0.3 is 0 Å². The third-order valence-corrected chi connectivity index (χ3v) is 9.46. The number of H-pyrrole nitrogens is 1. The summed E-state index contributed by atoms with van der Waals surface area (Å²) in [6, 6.07) is 8.81. The standard InChI is InChI=1S/C28H31BrN4O/c1-28(2)21-15-24(33-11-7-18(8-12-33)32-9-3-4-10-32)22(29)14-20(21)26(34)25-19-6-5-17(16-30)13-23(19)31-27(25)28/h5-6,13-14,18,24,31H,3-4,7-12,15H2,1-2H3. The molecule has 0 radical (unpaired) electrons. The van der Waals surface area contributed by atoms with Gasteiger partial charge in [-0.2, -0.15) is 5.26 Å². The second-order valence-corrected chi connectivity index (χ2v) is 11.8. The minimum atomic E-state index is -0.277. The topological polar surface area (TPSA) is 63.1 Å². The van der Waals surface area contributed by atoms with Crippen LogP contribution in [0.5, 0.6) is 0 Å². The number of likely N-dealkylation sites (tertiary alicyclic amines) is 2. The number of aromatic nitrogens is 1. The Labute approximate surface area is 209 Å². The molecule has 0 bridgehead atoms. The molecule has 1 atom stereocenters. The van der Waals surface area contributed by atoms with Crippen LogP contribution >= 0.6 is 15.9 Å². The van der Waals surface area contributed by atoms with E-state index >= 15 is 0 Å². The van der Waals surface area contributed by atoms with Crippen molar-refractivity contribution in [3.05, 3.63) is 56.7 Å². The van der Waals surface area contributed by atoms with Crippen LogP contribution in [0.3, 0.4) is 0 Å². The first-order valence-corrected chi connectivity index (χ1v) is 13.4. The first-order chi connectivity index (χ1) is 16.4. The van der Waals surface area contributed by atoms with Crippen LogP contribution in [-0.4, -0.2) is 58.8 Å². The molecule has 2 aliphatic heterocycles. The third kappa shape index (κ3) is 3.36. The molecule has 0 amide bonds. The largest absolute Gasteiger partial charge is 0.357 e. The molecule has 2 saturated heterocycles. The second kappa shape index (κ2) is 8.19. The summed E-state index contributed by atoms with van der Waals surface area (Å²) in [4.78, 5) is 22.6. The van der Waals surface area contributed by atoms with E-state index in [0.29, 0.717) is 11.6 Å². The summed E-state index contributed by atoms with van der Waals surface area (Å²) < 4.78 is 1.13. The summed E-state index contributed by atoms with van der Waals surface area (Å²) in [5, 5.41) is 10.2. The number of aromatic amines is 1. The number of nitrogens with one attached hydrogen (secondary N) is 1. The number of hydrogen-bond donors (Lipinski definition) is 1. The fourth-order valence-electron chi connectivity index (χ4n) is 6.75. The van der Waals surface area contributed by atoms with Crippen molar-refractivity contribution in [2.75, 3.05) is 26.2 Å². The lowest BCUT2D eigenvalue weighted by molar-refractivity contribution is 0.101. The van der Waals surface area contributed by atoms with Crippen molar-refractivity contribution < 1.29 is 4.79 Å². The van der Waals surface area contributed by atoms with E-state index in [1.165, 1.54) is 44.3 Å². The maximum atomic E-state index is 13.8. The predicted octanol–water partition coefficient (Wildman–Crippen LogP) is 5.42. The molecule has 1 unspecified atom stereocenters. The summed E-state index contributed by atoms with van der Waals surface area (Å²) in [6.07, 6.45) is 8.15. The Bertz CT molecular complexity index is 1280. The number of benzene rings is 1. The van der Waals surface area contributed by atoms with Crippen molar-refractivity contribution in [2.24, 2.45) is 0 Å². The smallest absolute Gasteiger partial charge is 0.195 e. The van der Waals surface area contributed by atoms with E-state index in [1.807, 2.05) is 12.1 Å². The quantitative estimate of drug-likeness (QED) is 0.576. The van der Waals surface area contributed by atoms with Crippen LogP contribution < -0.4 is 0 Å². The molecule has 176 valence electrons. The van der Waals surface area contributed by atoms with E-state index in [2.05, 4.69) is 56.7 Å². The summed E-state index contributed by atoms with van der Waals surface area (Å²) in [5.74, 6) is 0.100. The summed E-state index contributed by atoms with van der Waals surface area (Å²) in [7, 11) is 0. The summed E-state index contributed by atoms with van der Waals surface area (Å²) in [6.45, 7) is 9.23. The molecule has 0 saturated carbocycles. The second-order valence-electron chi connectivity index (χ2n) is 10.9. The van der Waals surface area contributed by atoms with Gasteiger partial charge in [0.15, 0.2) is 5.78 Å². The zero-order valence-electron chi connectivity index (χ0n) is 20.0. The molecule has 2 aliphatic carbocycles. The van der Waals surface area contributed by atoms with Gasteiger partial charge in [0.25, 0.3) is 0 Å². The van der Waals surface area contributed by atoms with Crippen LogP contribution in [0.15, 0.2) is 39.9 Å². The maximum absolute atomic E-state index is 13.8. The predicted molar refractivity (Wildman–Crippen MR) is 138 cm³/mol. The van der Waals surface area contributed by atoms with E-state index in [4.69, 9.17) is 0 Å². The van der Waals surface area contributed by atoms with Gasteiger partial charge in [-0.15, -0.1) is 0 Å².